The summed E-state index contributed by atoms with van der Waals surface area (Å²) in [5, 5.41) is 0. The molecule has 0 aliphatic heterocycles. The SMILES string of the molecule is CCCC[PH](OCC)(OCC)OCC. The number of hydrogen-bond donors (Lipinski definition) is 0. The van der Waals surface area contributed by atoms with Crippen molar-refractivity contribution in [1.82, 2.24) is 0 Å². The molecule has 0 aromatic heterocycles. The second kappa shape index (κ2) is 8.60. The van der Waals surface area contributed by atoms with Gasteiger partial charge in [-0.25, -0.2) is 0 Å². The summed E-state index contributed by atoms with van der Waals surface area (Å²) in [5.74, 6) is 0. The molecule has 0 spiro atoms. The Morgan fingerprint density at radius 3 is 1.50 bits per heavy atom. The van der Waals surface area contributed by atoms with Crippen LogP contribution in [-0.2, 0) is 13.6 Å². The van der Waals surface area contributed by atoms with Crippen molar-refractivity contribution in [2.45, 2.75) is 40.5 Å². The average molecular weight is 224 g/mol. The molecule has 0 aliphatic rings. The van der Waals surface area contributed by atoms with Crippen LogP contribution in [0.3, 0.4) is 0 Å². The summed E-state index contributed by atoms with van der Waals surface area (Å²) in [6.45, 7) is 10.2. The van der Waals surface area contributed by atoms with E-state index in [1.54, 1.807) is 0 Å². The summed E-state index contributed by atoms with van der Waals surface area (Å²) < 4.78 is 17.1. The molecular weight excluding hydrogens is 199 g/mol. The Morgan fingerprint density at radius 1 is 0.786 bits per heavy atom. The third-order valence-corrected chi connectivity index (χ3v) is 5.08. The zero-order valence-corrected chi connectivity index (χ0v) is 11.0. The van der Waals surface area contributed by atoms with Crippen molar-refractivity contribution >= 4 is 7.94 Å². The number of hydrogen-bond acceptors (Lipinski definition) is 3. The molecule has 0 aromatic rings. The van der Waals surface area contributed by atoms with Gasteiger partial charge in [-0.1, -0.05) is 0 Å². The first-order valence-corrected chi connectivity index (χ1v) is 7.59. The molecular formula is C10H25O3P. The second-order valence-electron chi connectivity index (χ2n) is 3.09. The van der Waals surface area contributed by atoms with E-state index in [1.807, 2.05) is 20.8 Å². The molecule has 0 aromatic carbocycles. The molecule has 0 atom stereocenters. The first-order valence-electron chi connectivity index (χ1n) is 5.66. The maximum absolute atomic E-state index is 5.71. The molecule has 0 rings (SSSR count). The van der Waals surface area contributed by atoms with E-state index in [9.17, 15) is 0 Å². The normalized spacial score (nSPS) is 13.1. The first-order chi connectivity index (χ1) is 6.74. The van der Waals surface area contributed by atoms with E-state index >= 15 is 0 Å². The van der Waals surface area contributed by atoms with E-state index in [0.29, 0.717) is 19.8 Å². The van der Waals surface area contributed by atoms with Crippen LogP contribution in [-0.4, -0.2) is 26.0 Å². The summed E-state index contributed by atoms with van der Waals surface area (Å²) in [6, 6.07) is 0. The summed E-state index contributed by atoms with van der Waals surface area (Å²) in [4.78, 5) is 0. The monoisotopic (exact) mass is 224 g/mol. The van der Waals surface area contributed by atoms with Gasteiger partial charge < -0.3 is 0 Å². The molecule has 0 saturated heterocycles. The van der Waals surface area contributed by atoms with Crippen LogP contribution >= 0.6 is 7.94 Å². The first kappa shape index (κ1) is 14.3. The molecule has 0 heterocycles. The number of unbranched alkanes of at least 4 members (excludes halogenated alkanes) is 1. The predicted octanol–water partition coefficient (Wildman–Crippen LogP) is 3.39. The molecule has 0 aliphatic carbocycles. The summed E-state index contributed by atoms with van der Waals surface area (Å²) in [6.07, 6.45) is 3.22. The molecule has 0 unspecified atom stereocenters. The van der Waals surface area contributed by atoms with E-state index in [2.05, 4.69) is 6.92 Å². The van der Waals surface area contributed by atoms with E-state index in [0.717, 1.165) is 19.0 Å². The van der Waals surface area contributed by atoms with Crippen molar-refractivity contribution in [1.29, 1.82) is 0 Å². The van der Waals surface area contributed by atoms with Gasteiger partial charge in [0, 0.05) is 0 Å². The van der Waals surface area contributed by atoms with Gasteiger partial charge in [-0.15, -0.1) is 0 Å². The fourth-order valence-electron chi connectivity index (χ4n) is 1.39. The molecule has 0 fully saturated rings. The molecule has 0 amide bonds. The van der Waals surface area contributed by atoms with Crippen molar-refractivity contribution in [3.05, 3.63) is 0 Å². The molecule has 0 N–H and O–H groups in total. The average Bonchev–Trinajstić information content (AvgIpc) is 2.16. The van der Waals surface area contributed by atoms with Crippen LogP contribution < -0.4 is 0 Å². The summed E-state index contributed by atoms with van der Waals surface area (Å²) in [7, 11) is -2.32. The molecule has 0 bridgehead atoms. The Balaban J connectivity index is 4.21. The van der Waals surface area contributed by atoms with Crippen LogP contribution in [0.1, 0.15) is 40.5 Å². The van der Waals surface area contributed by atoms with Crippen molar-refractivity contribution in [3.63, 3.8) is 0 Å². The molecule has 3 nitrogen and oxygen atoms in total. The Labute approximate surface area is 88.7 Å². The van der Waals surface area contributed by atoms with Gasteiger partial charge in [0.15, 0.2) is 0 Å². The summed E-state index contributed by atoms with van der Waals surface area (Å²) >= 11 is 0. The zero-order chi connectivity index (χ0) is 10.9. The second-order valence-corrected chi connectivity index (χ2v) is 5.82. The van der Waals surface area contributed by atoms with Crippen LogP contribution in [0.2, 0.25) is 0 Å². The minimum absolute atomic E-state index is 0.677. The Hall–Kier alpha value is 0.310. The van der Waals surface area contributed by atoms with Gasteiger partial charge in [-0.3, -0.25) is 0 Å². The zero-order valence-electron chi connectivity index (χ0n) is 9.97. The van der Waals surface area contributed by atoms with Gasteiger partial charge >= 0.3 is 88.0 Å². The third-order valence-electron chi connectivity index (χ3n) is 1.93. The van der Waals surface area contributed by atoms with E-state index in [1.165, 1.54) is 0 Å². The quantitative estimate of drug-likeness (QED) is 0.562. The van der Waals surface area contributed by atoms with Gasteiger partial charge in [0.1, 0.15) is 0 Å². The van der Waals surface area contributed by atoms with Crippen LogP contribution in [0.4, 0.5) is 0 Å². The Kier molecular flexibility index (Phi) is 8.80. The molecule has 4 heteroatoms. The number of rotatable bonds is 9. The van der Waals surface area contributed by atoms with E-state index in [-0.39, 0.29) is 0 Å². The van der Waals surface area contributed by atoms with Crippen molar-refractivity contribution in [2.75, 3.05) is 26.0 Å². The van der Waals surface area contributed by atoms with Crippen LogP contribution in [0, 0.1) is 0 Å². The predicted molar refractivity (Wildman–Crippen MR) is 63.0 cm³/mol. The fourth-order valence-corrected chi connectivity index (χ4v) is 4.18. The van der Waals surface area contributed by atoms with Crippen LogP contribution in [0.5, 0.6) is 0 Å². The molecule has 88 valence electrons. The third kappa shape index (κ3) is 5.26. The fraction of sp³-hybridized carbons (Fsp3) is 1.00. The van der Waals surface area contributed by atoms with Gasteiger partial charge in [0.2, 0.25) is 0 Å². The molecule has 0 saturated carbocycles. The minimum atomic E-state index is -2.32. The van der Waals surface area contributed by atoms with E-state index in [4.69, 9.17) is 13.6 Å². The molecule has 0 radical (unpaired) electrons. The van der Waals surface area contributed by atoms with Crippen LogP contribution in [0.15, 0.2) is 0 Å². The van der Waals surface area contributed by atoms with Gasteiger partial charge in [0.05, 0.1) is 0 Å². The van der Waals surface area contributed by atoms with Gasteiger partial charge in [-0.2, -0.15) is 0 Å². The van der Waals surface area contributed by atoms with Crippen molar-refractivity contribution < 1.29 is 13.6 Å². The van der Waals surface area contributed by atoms with Crippen molar-refractivity contribution in [2.24, 2.45) is 0 Å². The van der Waals surface area contributed by atoms with Crippen molar-refractivity contribution in [3.8, 4) is 0 Å². The van der Waals surface area contributed by atoms with E-state index < -0.39 is 7.94 Å². The maximum atomic E-state index is 5.71. The Morgan fingerprint density at radius 2 is 1.21 bits per heavy atom. The summed E-state index contributed by atoms with van der Waals surface area (Å²) in [5.41, 5.74) is 0. The molecule has 14 heavy (non-hydrogen) atoms. The standard InChI is InChI=1S/C10H25O3P/c1-5-9-10-14(11-6-2,12-7-3)13-8-4/h14H,5-10H2,1-4H3. The van der Waals surface area contributed by atoms with Gasteiger partial charge in [-0.05, 0) is 0 Å². The van der Waals surface area contributed by atoms with Crippen LogP contribution in [0.25, 0.3) is 0 Å². The van der Waals surface area contributed by atoms with Gasteiger partial charge in [0.25, 0.3) is 0 Å². The topological polar surface area (TPSA) is 27.7 Å². The Bertz CT molecular complexity index is 114.